The molecule has 16 heavy (non-hydrogen) atoms. The van der Waals surface area contributed by atoms with Gasteiger partial charge in [0.1, 0.15) is 5.75 Å². The van der Waals surface area contributed by atoms with E-state index in [2.05, 4.69) is 6.58 Å². The molecule has 0 aliphatic heterocycles. The van der Waals surface area contributed by atoms with Crippen LogP contribution in [0.5, 0.6) is 5.75 Å². The lowest BCUT2D eigenvalue weighted by Gasteiger charge is -2.07. The zero-order valence-corrected chi connectivity index (χ0v) is 9.35. The number of benzene rings is 1. The second kappa shape index (κ2) is 6.08. The average Bonchev–Trinajstić information content (AvgIpc) is 2.29. The van der Waals surface area contributed by atoms with Crippen molar-refractivity contribution >= 4 is 5.78 Å². The maximum atomic E-state index is 11.7. The Morgan fingerprint density at radius 2 is 2.12 bits per heavy atom. The van der Waals surface area contributed by atoms with Crippen LogP contribution in [0, 0.1) is 0 Å². The van der Waals surface area contributed by atoms with Crippen LogP contribution < -0.4 is 4.74 Å². The molecule has 0 spiro atoms. The standard InChI is InChI=1S/C13H16O3/c1-3-4-11(14)9-13(15)10-5-7-12(16-2)8-6-10/h3,5-8,11,14H,1,4,9H2,2H3. The summed E-state index contributed by atoms with van der Waals surface area (Å²) in [7, 11) is 1.57. The largest absolute Gasteiger partial charge is 0.497 e. The minimum atomic E-state index is -0.646. The molecule has 0 heterocycles. The van der Waals surface area contributed by atoms with Crippen LogP contribution in [0.3, 0.4) is 0 Å². The Morgan fingerprint density at radius 1 is 1.50 bits per heavy atom. The van der Waals surface area contributed by atoms with Crippen LogP contribution in [-0.2, 0) is 0 Å². The molecule has 1 N–H and O–H groups in total. The molecule has 3 heteroatoms. The number of carbonyl (C=O) groups excluding carboxylic acids is 1. The second-order valence-electron chi connectivity index (χ2n) is 3.53. The summed E-state index contributed by atoms with van der Waals surface area (Å²) in [4.78, 5) is 11.7. The molecule has 1 unspecified atom stereocenters. The molecule has 86 valence electrons. The Morgan fingerprint density at radius 3 is 2.62 bits per heavy atom. The molecule has 1 aromatic carbocycles. The summed E-state index contributed by atoms with van der Waals surface area (Å²) >= 11 is 0. The highest BCUT2D eigenvalue weighted by Crippen LogP contribution is 2.14. The van der Waals surface area contributed by atoms with Gasteiger partial charge < -0.3 is 9.84 Å². The second-order valence-corrected chi connectivity index (χ2v) is 3.53. The summed E-state index contributed by atoms with van der Waals surface area (Å²) in [6.07, 6.45) is 1.51. The minimum Gasteiger partial charge on any atom is -0.497 e. The van der Waals surface area contributed by atoms with E-state index in [4.69, 9.17) is 4.74 Å². The fraction of sp³-hybridized carbons (Fsp3) is 0.308. The molecule has 1 aromatic rings. The van der Waals surface area contributed by atoms with Gasteiger partial charge in [-0.3, -0.25) is 4.79 Å². The highest BCUT2D eigenvalue weighted by atomic mass is 16.5. The van der Waals surface area contributed by atoms with Crippen LogP contribution in [0.15, 0.2) is 36.9 Å². The number of hydrogen-bond donors (Lipinski definition) is 1. The van der Waals surface area contributed by atoms with Gasteiger partial charge in [0.05, 0.1) is 13.2 Å². The molecule has 1 rings (SSSR count). The lowest BCUT2D eigenvalue weighted by atomic mass is 10.0. The highest BCUT2D eigenvalue weighted by Gasteiger charge is 2.11. The summed E-state index contributed by atoms with van der Waals surface area (Å²) < 4.78 is 4.99. The molecule has 0 aliphatic carbocycles. The van der Waals surface area contributed by atoms with Gasteiger partial charge in [-0.25, -0.2) is 0 Å². The van der Waals surface area contributed by atoms with E-state index in [1.54, 1.807) is 37.5 Å². The number of ketones is 1. The van der Waals surface area contributed by atoms with Gasteiger partial charge in [-0.1, -0.05) is 6.08 Å². The van der Waals surface area contributed by atoms with Crippen molar-refractivity contribution in [1.82, 2.24) is 0 Å². The number of Topliss-reactive ketones (excluding diaryl/α,β-unsaturated/α-hetero) is 1. The first-order chi connectivity index (χ1) is 7.67. The minimum absolute atomic E-state index is 0.0722. The van der Waals surface area contributed by atoms with Crippen molar-refractivity contribution in [2.24, 2.45) is 0 Å². The molecule has 0 fully saturated rings. The summed E-state index contributed by atoms with van der Waals surface area (Å²) in [5.41, 5.74) is 0.587. The van der Waals surface area contributed by atoms with Crippen LogP contribution in [0.4, 0.5) is 0 Å². The van der Waals surface area contributed by atoms with E-state index < -0.39 is 6.10 Å². The third kappa shape index (κ3) is 3.51. The van der Waals surface area contributed by atoms with E-state index >= 15 is 0 Å². The number of hydrogen-bond acceptors (Lipinski definition) is 3. The Balaban J connectivity index is 2.62. The molecular formula is C13H16O3. The number of rotatable bonds is 6. The van der Waals surface area contributed by atoms with Crippen molar-refractivity contribution in [2.75, 3.05) is 7.11 Å². The van der Waals surface area contributed by atoms with Crippen molar-refractivity contribution < 1.29 is 14.6 Å². The van der Waals surface area contributed by atoms with Crippen LogP contribution in [0.2, 0.25) is 0 Å². The van der Waals surface area contributed by atoms with Gasteiger partial charge in [-0.2, -0.15) is 0 Å². The van der Waals surface area contributed by atoms with Crippen molar-refractivity contribution in [3.63, 3.8) is 0 Å². The van der Waals surface area contributed by atoms with Gasteiger partial charge >= 0.3 is 0 Å². The predicted molar refractivity (Wildman–Crippen MR) is 62.8 cm³/mol. The Hall–Kier alpha value is -1.61. The Bertz CT molecular complexity index is 354. The fourth-order valence-electron chi connectivity index (χ4n) is 1.38. The smallest absolute Gasteiger partial charge is 0.165 e. The molecule has 0 saturated heterocycles. The van der Waals surface area contributed by atoms with Crippen molar-refractivity contribution in [1.29, 1.82) is 0 Å². The molecule has 0 radical (unpaired) electrons. The third-order valence-corrected chi connectivity index (χ3v) is 2.27. The summed E-state index contributed by atoms with van der Waals surface area (Å²) in [5, 5.41) is 9.46. The van der Waals surface area contributed by atoms with Crippen LogP contribution >= 0.6 is 0 Å². The molecule has 0 saturated carbocycles. The number of methoxy groups -OCH3 is 1. The van der Waals surface area contributed by atoms with Gasteiger partial charge in [-0.05, 0) is 30.7 Å². The normalized spacial score (nSPS) is 11.9. The van der Waals surface area contributed by atoms with Crippen molar-refractivity contribution in [2.45, 2.75) is 18.9 Å². The molecule has 0 aliphatic rings. The van der Waals surface area contributed by atoms with Crippen LogP contribution in [0.1, 0.15) is 23.2 Å². The zero-order chi connectivity index (χ0) is 12.0. The quantitative estimate of drug-likeness (QED) is 0.590. The number of ether oxygens (including phenoxy) is 1. The maximum Gasteiger partial charge on any atom is 0.165 e. The first-order valence-electron chi connectivity index (χ1n) is 5.13. The Labute approximate surface area is 95.4 Å². The topological polar surface area (TPSA) is 46.5 Å². The first kappa shape index (κ1) is 12.5. The monoisotopic (exact) mass is 220 g/mol. The Kier molecular flexibility index (Phi) is 4.73. The van der Waals surface area contributed by atoms with Gasteiger partial charge in [-0.15, -0.1) is 6.58 Å². The third-order valence-electron chi connectivity index (χ3n) is 2.27. The lowest BCUT2D eigenvalue weighted by molar-refractivity contribution is 0.0884. The zero-order valence-electron chi connectivity index (χ0n) is 9.35. The van der Waals surface area contributed by atoms with Gasteiger partial charge in [0.25, 0.3) is 0 Å². The van der Waals surface area contributed by atoms with Gasteiger partial charge in [0.2, 0.25) is 0 Å². The lowest BCUT2D eigenvalue weighted by Crippen LogP contribution is -2.12. The van der Waals surface area contributed by atoms with Crippen LogP contribution in [-0.4, -0.2) is 24.1 Å². The summed E-state index contributed by atoms with van der Waals surface area (Å²) in [6.45, 7) is 3.52. The van der Waals surface area contributed by atoms with E-state index in [0.29, 0.717) is 17.7 Å². The van der Waals surface area contributed by atoms with Crippen molar-refractivity contribution in [3.05, 3.63) is 42.5 Å². The molecule has 0 bridgehead atoms. The number of aliphatic hydroxyl groups excluding tert-OH is 1. The molecule has 3 nitrogen and oxygen atoms in total. The molecule has 1 atom stereocenters. The molecule has 0 amide bonds. The van der Waals surface area contributed by atoms with E-state index in [0.717, 1.165) is 0 Å². The summed E-state index contributed by atoms with van der Waals surface area (Å²) in [6, 6.07) is 6.85. The van der Waals surface area contributed by atoms with E-state index in [1.807, 2.05) is 0 Å². The number of aliphatic hydroxyl groups is 1. The molecular weight excluding hydrogens is 204 g/mol. The predicted octanol–water partition coefficient (Wildman–Crippen LogP) is 2.21. The highest BCUT2D eigenvalue weighted by molar-refractivity contribution is 5.96. The van der Waals surface area contributed by atoms with E-state index in [-0.39, 0.29) is 12.2 Å². The van der Waals surface area contributed by atoms with E-state index in [1.165, 1.54) is 0 Å². The average molecular weight is 220 g/mol. The summed E-state index contributed by atoms with van der Waals surface area (Å²) in [5.74, 6) is 0.639. The molecule has 0 aromatic heterocycles. The van der Waals surface area contributed by atoms with E-state index in [9.17, 15) is 9.90 Å². The maximum absolute atomic E-state index is 11.7. The first-order valence-corrected chi connectivity index (χ1v) is 5.13. The SMILES string of the molecule is C=CCC(O)CC(=O)c1ccc(OC)cc1. The van der Waals surface area contributed by atoms with Gasteiger partial charge in [0.15, 0.2) is 5.78 Å². The number of carbonyl (C=O) groups is 1. The van der Waals surface area contributed by atoms with Crippen LogP contribution in [0.25, 0.3) is 0 Å². The fourth-order valence-corrected chi connectivity index (χ4v) is 1.38. The van der Waals surface area contributed by atoms with Gasteiger partial charge in [0, 0.05) is 12.0 Å². The van der Waals surface area contributed by atoms with Crippen molar-refractivity contribution in [3.8, 4) is 5.75 Å².